The number of hydrogen-bond donors (Lipinski definition) is 2. The van der Waals surface area contributed by atoms with Gasteiger partial charge in [0.25, 0.3) is 0 Å². The van der Waals surface area contributed by atoms with Crippen molar-refractivity contribution in [1.82, 2.24) is 0 Å². The lowest BCUT2D eigenvalue weighted by molar-refractivity contribution is 0.275. The molecule has 9 heavy (non-hydrogen) atoms. The Labute approximate surface area is 56.5 Å². The Morgan fingerprint density at radius 1 is 1.33 bits per heavy atom. The van der Waals surface area contributed by atoms with E-state index in [-0.39, 0.29) is 7.69 Å². The topological polar surface area (TPSA) is 55.5 Å². The summed E-state index contributed by atoms with van der Waals surface area (Å²) < 4.78 is 4.69. The molecular weight excluding hydrogens is 117 g/mol. The van der Waals surface area contributed by atoms with Gasteiger partial charge in [-0.25, -0.2) is 0 Å². The molecule has 4 heteroatoms. The maximum Gasteiger partial charge on any atom is 0.435 e. The quantitative estimate of drug-likeness (QED) is 0.373. The van der Waals surface area contributed by atoms with Gasteiger partial charge in [-0.05, 0) is 25.8 Å². The van der Waals surface area contributed by atoms with Gasteiger partial charge in [0, 0.05) is 6.61 Å². The van der Waals surface area contributed by atoms with Crippen LogP contribution in [0.1, 0.15) is 19.3 Å². The third kappa shape index (κ3) is 7.94. The summed E-state index contributed by atoms with van der Waals surface area (Å²) >= 11 is 0. The van der Waals surface area contributed by atoms with Gasteiger partial charge >= 0.3 is 7.69 Å². The van der Waals surface area contributed by atoms with Crippen LogP contribution in [0.3, 0.4) is 0 Å². The molecule has 0 aliphatic carbocycles. The van der Waals surface area contributed by atoms with Gasteiger partial charge in [0.05, 0.1) is 0 Å². The van der Waals surface area contributed by atoms with Gasteiger partial charge in [0.15, 0.2) is 0 Å². The molecule has 0 aromatic rings. The Kier molecular flexibility index (Phi) is 7.90. The summed E-state index contributed by atoms with van der Waals surface area (Å²) in [6.45, 7) is 1.40. The molecule has 0 aliphatic rings. The van der Waals surface area contributed by atoms with E-state index in [1.807, 2.05) is 0 Å². The van der Waals surface area contributed by atoms with Crippen molar-refractivity contribution >= 4 is 7.69 Å². The predicted molar refractivity (Wildman–Crippen MR) is 38.2 cm³/mol. The van der Waals surface area contributed by atoms with Crippen LogP contribution in [0.25, 0.3) is 0 Å². The first kappa shape index (κ1) is 8.94. The van der Waals surface area contributed by atoms with E-state index in [2.05, 4.69) is 0 Å². The summed E-state index contributed by atoms with van der Waals surface area (Å²) in [4.78, 5) is 0. The zero-order valence-corrected chi connectivity index (χ0v) is 5.68. The van der Waals surface area contributed by atoms with Crippen molar-refractivity contribution < 1.29 is 9.68 Å². The number of hydrogen-bond acceptors (Lipinski definition) is 3. The Morgan fingerprint density at radius 3 is 2.67 bits per heavy atom. The van der Waals surface area contributed by atoms with Crippen LogP contribution in [-0.4, -0.2) is 25.9 Å². The maximum absolute atomic E-state index is 8.18. The molecule has 0 rings (SSSR count). The van der Waals surface area contributed by atoms with Crippen molar-refractivity contribution in [2.24, 2.45) is 5.73 Å². The van der Waals surface area contributed by atoms with E-state index in [9.17, 15) is 0 Å². The fraction of sp³-hybridized carbons (Fsp3) is 1.00. The second-order valence-electron chi connectivity index (χ2n) is 1.89. The first-order valence-electron chi connectivity index (χ1n) is 3.30. The molecular formula is C5H14BNO2. The van der Waals surface area contributed by atoms with Gasteiger partial charge in [-0.15, -0.1) is 0 Å². The van der Waals surface area contributed by atoms with Gasteiger partial charge in [-0.1, -0.05) is 0 Å². The second kappa shape index (κ2) is 7.94. The van der Waals surface area contributed by atoms with E-state index in [4.69, 9.17) is 15.4 Å². The molecule has 0 unspecified atom stereocenters. The lowest BCUT2D eigenvalue weighted by Gasteiger charge is -1.97. The molecule has 0 aliphatic heterocycles. The largest absolute Gasteiger partial charge is 0.435 e. The summed E-state index contributed by atoms with van der Waals surface area (Å²) in [6.07, 6.45) is 3.14. The van der Waals surface area contributed by atoms with Gasteiger partial charge < -0.3 is 15.4 Å². The molecule has 0 heterocycles. The van der Waals surface area contributed by atoms with Crippen molar-refractivity contribution in [2.75, 3.05) is 13.2 Å². The standard InChI is InChI=1S/C5H14BNO2/c7-4-2-1-3-5-9-6-8/h6,8H,1-5,7H2. The molecule has 54 valence electrons. The first-order valence-corrected chi connectivity index (χ1v) is 3.30. The van der Waals surface area contributed by atoms with Crippen molar-refractivity contribution in [3.8, 4) is 0 Å². The fourth-order valence-corrected chi connectivity index (χ4v) is 0.590. The summed E-state index contributed by atoms with van der Waals surface area (Å²) in [7, 11) is -0.164. The second-order valence-corrected chi connectivity index (χ2v) is 1.89. The summed E-state index contributed by atoms with van der Waals surface area (Å²) in [5.41, 5.74) is 5.25. The highest BCUT2D eigenvalue weighted by Gasteiger charge is 1.87. The van der Waals surface area contributed by atoms with Crippen molar-refractivity contribution in [2.45, 2.75) is 19.3 Å². The minimum absolute atomic E-state index is 0.164. The molecule has 0 aromatic heterocycles. The van der Waals surface area contributed by atoms with Gasteiger partial charge in [0.1, 0.15) is 0 Å². The number of rotatable bonds is 6. The smallest absolute Gasteiger partial charge is 0.430 e. The Morgan fingerprint density at radius 2 is 2.11 bits per heavy atom. The molecule has 0 saturated carbocycles. The Bertz CT molecular complexity index is 48.2. The highest BCUT2D eigenvalue weighted by atomic mass is 16.5. The number of unbranched alkanes of at least 4 members (excludes halogenated alkanes) is 2. The highest BCUT2D eigenvalue weighted by molar-refractivity contribution is 6.15. The SMILES string of the molecule is NCCCCCOBO. The van der Waals surface area contributed by atoms with E-state index in [0.29, 0.717) is 6.61 Å². The minimum atomic E-state index is -0.164. The van der Waals surface area contributed by atoms with Crippen molar-refractivity contribution in [1.29, 1.82) is 0 Å². The van der Waals surface area contributed by atoms with Gasteiger partial charge in [0.2, 0.25) is 0 Å². The molecule has 0 atom stereocenters. The van der Waals surface area contributed by atoms with Crippen LogP contribution >= 0.6 is 0 Å². The van der Waals surface area contributed by atoms with Crippen LogP contribution in [0.2, 0.25) is 0 Å². The average molecular weight is 131 g/mol. The Hall–Kier alpha value is -0.0551. The molecule has 0 amide bonds. The molecule has 0 aromatic carbocycles. The lowest BCUT2D eigenvalue weighted by Crippen LogP contribution is -2.01. The van der Waals surface area contributed by atoms with Crippen LogP contribution in [0.5, 0.6) is 0 Å². The van der Waals surface area contributed by atoms with E-state index in [0.717, 1.165) is 25.8 Å². The summed E-state index contributed by atoms with van der Waals surface area (Å²) in [6, 6.07) is 0. The van der Waals surface area contributed by atoms with E-state index in [1.54, 1.807) is 0 Å². The van der Waals surface area contributed by atoms with Crippen LogP contribution < -0.4 is 5.73 Å². The fourth-order valence-electron chi connectivity index (χ4n) is 0.590. The third-order valence-electron chi connectivity index (χ3n) is 1.08. The van der Waals surface area contributed by atoms with Gasteiger partial charge in [-0.2, -0.15) is 0 Å². The van der Waals surface area contributed by atoms with Crippen LogP contribution in [0, 0.1) is 0 Å². The summed E-state index contributed by atoms with van der Waals surface area (Å²) in [5.74, 6) is 0. The van der Waals surface area contributed by atoms with E-state index < -0.39 is 0 Å². The van der Waals surface area contributed by atoms with Crippen molar-refractivity contribution in [3.05, 3.63) is 0 Å². The molecule has 0 saturated heterocycles. The molecule has 0 bridgehead atoms. The minimum Gasteiger partial charge on any atom is -0.430 e. The normalized spacial score (nSPS) is 9.56. The molecule has 0 radical (unpaired) electrons. The lowest BCUT2D eigenvalue weighted by atomic mass is 10.2. The number of nitrogens with two attached hydrogens (primary N) is 1. The van der Waals surface area contributed by atoms with Gasteiger partial charge in [-0.3, -0.25) is 0 Å². The summed E-state index contributed by atoms with van der Waals surface area (Å²) in [5, 5.41) is 8.18. The maximum atomic E-state index is 8.18. The van der Waals surface area contributed by atoms with Crippen LogP contribution in [-0.2, 0) is 4.65 Å². The van der Waals surface area contributed by atoms with Crippen LogP contribution in [0.4, 0.5) is 0 Å². The first-order chi connectivity index (χ1) is 4.41. The molecule has 3 nitrogen and oxygen atoms in total. The molecule has 0 spiro atoms. The third-order valence-corrected chi connectivity index (χ3v) is 1.08. The zero-order valence-electron chi connectivity index (χ0n) is 5.68. The van der Waals surface area contributed by atoms with E-state index >= 15 is 0 Å². The predicted octanol–water partition coefficient (Wildman–Crippen LogP) is -0.609. The molecule has 0 fully saturated rings. The molecule has 3 N–H and O–H groups in total. The van der Waals surface area contributed by atoms with E-state index in [1.165, 1.54) is 0 Å². The zero-order chi connectivity index (χ0) is 6.95. The average Bonchev–Trinajstić information content (AvgIpc) is 1.89. The monoisotopic (exact) mass is 131 g/mol. The van der Waals surface area contributed by atoms with Crippen molar-refractivity contribution in [3.63, 3.8) is 0 Å². The highest BCUT2D eigenvalue weighted by Crippen LogP contribution is 1.92. The van der Waals surface area contributed by atoms with Crippen LogP contribution in [0.15, 0.2) is 0 Å². The Balaban J connectivity index is 2.60.